The lowest BCUT2D eigenvalue weighted by Gasteiger charge is -2.20. The summed E-state index contributed by atoms with van der Waals surface area (Å²) in [5.41, 5.74) is 3.06. The fraction of sp³-hybridized carbons (Fsp3) is 0.438. The lowest BCUT2D eigenvalue weighted by atomic mass is 10.0. The third-order valence-corrected chi connectivity index (χ3v) is 3.89. The topological polar surface area (TPSA) is 101 Å². The summed E-state index contributed by atoms with van der Waals surface area (Å²) < 4.78 is 1.54. The van der Waals surface area contributed by atoms with E-state index in [1.807, 2.05) is 19.1 Å². The van der Waals surface area contributed by atoms with Gasteiger partial charge in [-0.2, -0.15) is 0 Å². The molecule has 3 rings (SSSR count). The van der Waals surface area contributed by atoms with Crippen molar-refractivity contribution in [2.45, 2.75) is 39.8 Å². The molecule has 0 saturated heterocycles. The number of hydrogen-bond acceptors (Lipinski definition) is 5. The summed E-state index contributed by atoms with van der Waals surface area (Å²) in [5, 5.41) is 13.9. The van der Waals surface area contributed by atoms with E-state index in [1.54, 1.807) is 0 Å². The molecule has 0 bridgehead atoms. The van der Waals surface area contributed by atoms with Gasteiger partial charge in [0, 0.05) is 6.42 Å². The molecule has 1 amide bonds. The molecule has 8 heteroatoms. The highest BCUT2D eigenvalue weighted by Gasteiger charge is 2.21. The van der Waals surface area contributed by atoms with Gasteiger partial charge in [0.1, 0.15) is 12.2 Å². The van der Waals surface area contributed by atoms with Gasteiger partial charge in [0.05, 0.1) is 23.6 Å². The Bertz CT molecular complexity index is 822. The van der Waals surface area contributed by atoms with Gasteiger partial charge in [-0.15, -0.1) is 5.10 Å². The van der Waals surface area contributed by atoms with Crippen LogP contribution in [0, 0.1) is 12.8 Å². The number of benzene rings is 1. The van der Waals surface area contributed by atoms with Crippen molar-refractivity contribution in [3.63, 3.8) is 0 Å². The van der Waals surface area contributed by atoms with Gasteiger partial charge in [-0.05, 0) is 41.0 Å². The van der Waals surface area contributed by atoms with Crippen LogP contribution in [0.1, 0.15) is 37.7 Å². The third-order valence-electron chi connectivity index (χ3n) is 3.89. The van der Waals surface area contributed by atoms with Gasteiger partial charge < -0.3 is 10.3 Å². The molecule has 0 aliphatic heterocycles. The van der Waals surface area contributed by atoms with E-state index in [9.17, 15) is 4.79 Å². The maximum absolute atomic E-state index is 12.3. The maximum Gasteiger partial charge on any atom is 0.222 e. The Kier molecular flexibility index (Phi) is 4.54. The standard InChI is InChI=1S/C16H21N7O/c1-10(2)15(20-14(24)6-7-23-9-17-21-22-23)16-18-12-5-4-11(3)8-13(12)19-16/h4-5,8-10,15H,6-7H2,1-3H3,(H,18,19)(H,20,24)/t15-/m1/s1. The van der Waals surface area contributed by atoms with Crippen molar-refractivity contribution in [1.29, 1.82) is 0 Å². The van der Waals surface area contributed by atoms with Crippen molar-refractivity contribution < 1.29 is 4.79 Å². The van der Waals surface area contributed by atoms with E-state index >= 15 is 0 Å². The van der Waals surface area contributed by atoms with Crippen LogP contribution >= 0.6 is 0 Å². The first kappa shape index (κ1) is 16.1. The Morgan fingerprint density at radius 3 is 2.92 bits per heavy atom. The minimum Gasteiger partial charge on any atom is -0.346 e. The van der Waals surface area contributed by atoms with Crippen molar-refractivity contribution in [3.8, 4) is 0 Å². The average Bonchev–Trinajstić information content (AvgIpc) is 3.18. The van der Waals surface area contributed by atoms with E-state index in [2.05, 4.69) is 50.7 Å². The van der Waals surface area contributed by atoms with Crippen molar-refractivity contribution >= 4 is 16.9 Å². The zero-order valence-electron chi connectivity index (χ0n) is 14.0. The number of nitrogens with one attached hydrogen (secondary N) is 2. The molecule has 0 unspecified atom stereocenters. The number of aromatic amines is 1. The number of nitrogens with zero attached hydrogens (tertiary/aromatic N) is 5. The molecule has 0 saturated carbocycles. The fourth-order valence-electron chi connectivity index (χ4n) is 2.59. The first-order valence-corrected chi connectivity index (χ1v) is 7.99. The number of rotatable bonds is 6. The highest BCUT2D eigenvalue weighted by Crippen LogP contribution is 2.23. The highest BCUT2D eigenvalue weighted by molar-refractivity contribution is 5.78. The Morgan fingerprint density at radius 1 is 1.38 bits per heavy atom. The summed E-state index contributed by atoms with van der Waals surface area (Å²) in [7, 11) is 0. The van der Waals surface area contributed by atoms with E-state index in [-0.39, 0.29) is 17.9 Å². The first-order valence-electron chi connectivity index (χ1n) is 7.99. The Hall–Kier alpha value is -2.77. The van der Waals surface area contributed by atoms with Crippen molar-refractivity contribution in [3.05, 3.63) is 35.9 Å². The van der Waals surface area contributed by atoms with Gasteiger partial charge in [0.25, 0.3) is 0 Å². The summed E-state index contributed by atoms with van der Waals surface area (Å²) in [4.78, 5) is 20.2. The number of amides is 1. The van der Waals surface area contributed by atoms with Crippen LogP contribution in [0.3, 0.4) is 0 Å². The maximum atomic E-state index is 12.3. The van der Waals surface area contributed by atoms with E-state index in [1.165, 1.54) is 16.6 Å². The molecule has 126 valence electrons. The van der Waals surface area contributed by atoms with Crippen molar-refractivity contribution in [1.82, 2.24) is 35.5 Å². The summed E-state index contributed by atoms with van der Waals surface area (Å²) in [6, 6.07) is 5.91. The Labute approximate surface area is 139 Å². The number of hydrogen-bond donors (Lipinski definition) is 2. The van der Waals surface area contributed by atoms with Gasteiger partial charge in [-0.3, -0.25) is 4.79 Å². The molecule has 2 aromatic heterocycles. The molecule has 0 aliphatic rings. The minimum atomic E-state index is -0.168. The van der Waals surface area contributed by atoms with E-state index in [0.717, 1.165) is 16.9 Å². The molecule has 0 aliphatic carbocycles. The molecule has 1 aromatic carbocycles. The third kappa shape index (κ3) is 3.58. The van der Waals surface area contributed by atoms with E-state index < -0.39 is 0 Å². The number of H-pyrrole nitrogens is 1. The average molecular weight is 327 g/mol. The van der Waals surface area contributed by atoms with E-state index in [0.29, 0.717) is 13.0 Å². The molecular formula is C16H21N7O. The molecule has 24 heavy (non-hydrogen) atoms. The fourth-order valence-corrected chi connectivity index (χ4v) is 2.59. The van der Waals surface area contributed by atoms with Gasteiger partial charge in [0.2, 0.25) is 5.91 Å². The minimum absolute atomic E-state index is 0.0548. The molecular weight excluding hydrogens is 306 g/mol. The lowest BCUT2D eigenvalue weighted by molar-refractivity contribution is -0.122. The lowest BCUT2D eigenvalue weighted by Crippen LogP contribution is -2.33. The summed E-state index contributed by atoms with van der Waals surface area (Å²) >= 11 is 0. The largest absolute Gasteiger partial charge is 0.346 e. The Morgan fingerprint density at radius 2 is 2.21 bits per heavy atom. The monoisotopic (exact) mass is 327 g/mol. The SMILES string of the molecule is Cc1ccc2nc([C@H](NC(=O)CCn3cnnn3)C(C)C)[nH]c2c1. The highest BCUT2D eigenvalue weighted by atomic mass is 16.1. The number of imidazole rings is 1. The summed E-state index contributed by atoms with van der Waals surface area (Å²) in [6.07, 6.45) is 1.81. The van der Waals surface area contributed by atoms with Crippen LogP contribution in [-0.4, -0.2) is 36.1 Å². The van der Waals surface area contributed by atoms with Crippen LogP contribution in [-0.2, 0) is 11.3 Å². The second kappa shape index (κ2) is 6.77. The summed E-state index contributed by atoms with van der Waals surface area (Å²) in [5.74, 6) is 0.936. The van der Waals surface area contributed by atoms with Gasteiger partial charge in [-0.25, -0.2) is 9.67 Å². The smallest absolute Gasteiger partial charge is 0.222 e. The number of fused-ring (bicyclic) bond motifs is 1. The summed E-state index contributed by atoms with van der Waals surface area (Å²) in [6.45, 7) is 6.61. The van der Waals surface area contributed by atoms with Gasteiger partial charge >= 0.3 is 0 Å². The number of tetrazole rings is 1. The quantitative estimate of drug-likeness (QED) is 0.718. The van der Waals surface area contributed by atoms with Crippen LogP contribution < -0.4 is 5.32 Å². The number of aromatic nitrogens is 6. The molecule has 0 fully saturated rings. The molecule has 2 N–H and O–H groups in total. The van der Waals surface area contributed by atoms with Crippen LogP contribution in [0.25, 0.3) is 11.0 Å². The van der Waals surface area contributed by atoms with Crippen LogP contribution in [0.2, 0.25) is 0 Å². The molecule has 0 radical (unpaired) electrons. The predicted octanol–water partition coefficient (Wildman–Crippen LogP) is 1.76. The molecule has 1 atom stereocenters. The second-order valence-electron chi connectivity index (χ2n) is 6.25. The molecule has 3 aromatic rings. The molecule has 0 spiro atoms. The zero-order chi connectivity index (χ0) is 17.1. The van der Waals surface area contributed by atoms with Gasteiger partial charge in [-0.1, -0.05) is 19.9 Å². The molecule has 2 heterocycles. The Balaban J connectivity index is 1.72. The first-order chi connectivity index (χ1) is 11.5. The number of carbonyl (C=O) groups excluding carboxylic acids is 1. The van der Waals surface area contributed by atoms with Crippen LogP contribution in [0.5, 0.6) is 0 Å². The van der Waals surface area contributed by atoms with Crippen LogP contribution in [0.4, 0.5) is 0 Å². The van der Waals surface area contributed by atoms with Crippen LogP contribution in [0.15, 0.2) is 24.5 Å². The normalized spacial score (nSPS) is 12.7. The van der Waals surface area contributed by atoms with Gasteiger partial charge in [0.15, 0.2) is 0 Å². The molecule has 8 nitrogen and oxygen atoms in total. The van der Waals surface area contributed by atoms with Crippen molar-refractivity contribution in [2.24, 2.45) is 5.92 Å². The van der Waals surface area contributed by atoms with E-state index in [4.69, 9.17) is 0 Å². The number of carbonyl (C=O) groups is 1. The zero-order valence-corrected chi connectivity index (χ0v) is 14.0. The van der Waals surface area contributed by atoms with Crippen molar-refractivity contribution in [2.75, 3.05) is 0 Å². The number of aryl methyl sites for hydroxylation is 2. The predicted molar refractivity (Wildman–Crippen MR) is 89.0 cm³/mol. The second-order valence-corrected chi connectivity index (χ2v) is 6.25.